The SMILES string of the molecule is CCn1nc(C)c(Br)c1CNCC1CCC(=O)N1. The van der Waals surface area contributed by atoms with Gasteiger partial charge in [-0.25, -0.2) is 0 Å². The highest BCUT2D eigenvalue weighted by molar-refractivity contribution is 9.10. The third-order valence-corrected chi connectivity index (χ3v) is 4.25. The largest absolute Gasteiger partial charge is 0.352 e. The average molecular weight is 315 g/mol. The molecule has 1 aromatic rings. The predicted octanol–water partition coefficient (Wildman–Crippen LogP) is 1.34. The van der Waals surface area contributed by atoms with Crippen LogP contribution >= 0.6 is 15.9 Å². The first kappa shape index (κ1) is 13.5. The minimum absolute atomic E-state index is 0.164. The van der Waals surface area contributed by atoms with Crippen LogP contribution in [0.15, 0.2) is 4.47 Å². The molecule has 18 heavy (non-hydrogen) atoms. The monoisotopic (exact) mass is 314 g/mol. The Balaban J connectivity index is 1.88. The van der Waals surface area contributed by atoms with Crippen LogP contribution in [-0.4, -0.2) is 28.3 Å². The number of hydrogen-bond donors (Lipinski definition) is 2. The zero-order valence-corrected chi connectivity index (χ0v) is 12.4. The quantitative estimate of drug-likeness (QED) is 0.862. The third kappa shape index (κ3) is 2.92. The third-order valence-electron chi connectivity index (χ3n) is 3.22. The normalized spacial score (nSPS) is 19.3. The molecular formula is C12H19BrN4O. The van der Waals surface area contributed by atoms with Crippen molar-refractivity contribution in [2.24, 2.45) is 0 Å². The summed E-state index contributed by atoms with van der Waals surface area (Å²) in [6, 6.07) is 0.273. The van der Waals surface area contributed by atoms with Gasteiger partial charge in [0.15, 0.2) is 0 Å². The number of aryl methyl sites for hydroxylation is 2. The minimum atomic E-state index is 0.164. The summed E-state index contributed by atoms with van der Waals surface area (Å²) >= 11 is 3.57. The number of nitrogens with zero attached hydrogens (tertiary/aromatic N) is 2. The van der Waals surface area contributed by atoms with Gasteiger partial charge in [-0.15, -0.1) is 0 Å². The molecule has 0 saturated carbocycles. The number of carbonyl (C=O) groups is 1. The van der Waals surface area contributed by atoms with Crippen molar-refractivity contribution in [2.45, 2.75) is 45.8 Å². The van der Waals surface area contributed by atoms with E-state index in [0.717, 1.165) is 36.2 Å². The fraction of sp³-hybridized carbons (Fsp3) is 0.667. The Labute approximate surface area is 115 Å². The van der Waals surface area contributed by atoms with Crippen molar-refractivity contribution in [1.82, 2.24) is 20.4 Å². The number of halogens is 1. The van der Waals surface area contributed by atoms with Gasteiger partial charge in [0.1, 0.15) is 0 Å². The molecule has 1 fully saturated rings. The lowest BCUT2D eigenvalue weighted by atomic mass is 10.2. The molecule has 5 nitrogen and oxygen atoms in total. The zero-order valence-electron chi connectivity index (χ0n) is 10.8. The smallest absolute Gasteiger partial charge is 0.220 e. The fourth-order valence-electron chi connectivity index (χ4n) is 2.23. The molecule has 0 aliphatic carbocycles. The van der Waals surface area contributed by atoms with Gasteiger partial charge in [-0.1, -0.05) is 0 Å². The van der Waals surface area contributed by atoms with E-state index in [4.69, 9.17) is 0 Å². The van der Waals surface area contributed by atoms with Gasteiger partial charge in [0.25, 0.3) is 0 Å². The molecule has 1 unspecified atom stereocenters. The second kappa shape index (κ2) is 5.84. The Morgan fingerprint density at radius 1 is 1.61 bits per heavy atom. The summed E-state index contributed by atoms with van der Waals surface area (Å²) in [5.41, 5.74) is 2.18. The van der Waals surface area contributed by atoms with E-state index in [1.165, 1.54) is 5.69 Å². The van der Waals surface area contributed by atoms with E-state index in [1.807, 2.05) is 11.6 Å². The van der Waals surface area contributed by atoms with E-state index in [2.05, 4.69) is 38.6 Å². The summed E-state index contributed by atoms with van der Waals surface area (Å²) < 4.78 is 3.08. The Morgan fingerprint density at radius 2 is 2.39 bits per heavy atom. The molecule has 0 radical (unpaired) electrons. The molecular weight excluding hydrogens is 296 g/mol. The number of aromatic nitrogens is 2. The molecule has 0 bridgehead atoms. The molecule has 1 atom stereocenters. The lowest BCUT2D eigenvalue weighted by Crippen LogP contribution is -2.35. The predicted molar refractivity (Wildman–Crippen MR) is 73.2 cm³/mol. The number of amides is 1. The lowest BCUT2D eigenvalue weighted by Gasteiger charge is -2.12. The van der Waals surface area contributed by atoms with E-state index in [9.17, 15) is 4.79 Å². The summed E-state index contributed by atoms with van der Waals surface area (Å²) in [6.07, 6.45) is 1.58. The van der Waals surface area contributed by atoms with Crippen LogP contribution in [0.3, 0.4) is 0 Å². The second-order valence-corrected chi connectivity index (χ2v) is 5.39. The summed E-state index contributed by atoms with van der Waals surface area (Å²) in [5, 5.41) is 10.8. The zero-order chi connectivity index (χ0) is 13.1. The van der Waals surface area contributed by atoms with Crippen molar-refractivity contribution in [3.63, 3.8) is 0 Å². The van der Waals surface area contributed by atoms with Gasteiger partial charge in [0.2, 0.25) is 5.91 Å². The van der Waals surface area contributed by atoms with Crippen molar-refractivity contribution < 1.29 is 4.79 Å². The Morgan fingerprint density at radius 3 is 3.00 bits per heavy atom. The molecule has 6 heteroatoms. The number of nitrogens with one attached hydrogen (secondary N) is 2. The summed E-state index contributed by atoms with van der Waals surface area (Å²) in [4.78, 5) is 11.1. The molecule has 1 aromatic heterocycles. The van der Waals surface area contributed by atoms with Gasteiger partial charge in [0.05, 0.1) is 15.9 Å². The fourth-order valence-corrected chi connectivity index (χ4v) is 2.66. The highest BCUT2D eigenvalue weighted by atomic mass is 79.9. The summed E-state index contributed by atoms with van der Waals surface area (Å²) in [6.45, 7) is 6.52. The van der Waals surface area contributed by atoms with Gasteiger partial charge in [-0.05, 0) is 36.2 Å². The molecule has 0 aromatic carbocycles. The van der Waals surface area contributed by atoms with Crippen LogP contribution in [0.4, 0.5) is 0 Å². The minimum Gasteiger partial charge on any atom is -0.352 e. The van der Waals surface area contributed by atoms with E-state index >= 15 is 0 Å². The maximum atomic E-state index is 11.1. The first-order chi connectivity index (χ1) is 8.61. The van der Waals surface area contributed by atoms with Crippen LogP contribution in [0.2, 0.25) is 0 Å². The van der Waals surface area contributed by atoms with Crippen LogP contribution in [0.1, 0.15) is 31.2 Å². The molecule has 1 saturated heterocycles. The Bertz CT molecular complexity index is 444. The van der Waals surface area contributed by atoms with Gasteiger partial charge >= 0.3 is 0 Å². The number of hydrogen-bond acceptors (Lipinski definition) is 3. The van der Waals surface area contributed by atoms with E-state index in [0.29, 0.717) is 6.42 Å². The Kier molecular flexibility index (Phi) is 4.40. The molecule has 1 amide bonds. The standard InChI is InChI=1S/C12H19BrN4O/c1-3-17-10(12(13)8(2)16-17)7-14-6-9-4-5-11(18)15-9/h9,14H,3-7H2,1-2H3,(H,15,18). The Hall–Kier alpha value is -0.880. The molecule has 1 aliphatic rings. The molecule has 2 heterocycles. The van der Waals surface area contributed by atoms with Crippen LogP contribution < -0.4 is 10.6 Å². The first-order valence-corrected chi connectivity index (χ1v) is 7.13. The second-order valence-electron chi connectivity index (χ2n) is 4.60. The molecule has 2 N–H and O–H groups in total. The molecule has 100 valence electrons. The van der Waals surface area contributed by atoms with Crippen LogP contribution in [0.25, 0.3) is 0 Å². The number of carbonyl (C=O) groups excluding carboxylic acids is 1. The topological polar surface area (TPSA) is 59.0 Å². The van der Waals surface area contributed by atoms with Crippen molar-refractivity contribution in [3.8, 4) is 0 Å². The van der Waals surface area contributed by atoms with Crippen LogP contribution in [0, 0.1) is 6.92 Å². The molecule has 2 rings (SSSR count). The van der Waals surface area contributed by atoms with Gasteiger partial charge < -0.3 is 10.6 Å². The lowest BCUT2D eigenvalue weighted by molar-refractivity contribution is -0.119. The van der Waals surface area contributed by atoms with E-state index < -0.39 is 0 Å². The van der Waals surface area contributed by atoms with Crippen LogP contribution in [0.5, 0.6) is 0 Å². The van der Waals surface area contributed by atoms with Gasteiger partial charge in [-0.3, -0.25) is 9.48 Å². The van der Waals surface area contributed by atoms with Crippen molar-refractivity contribution in [2.75, 3.05) is 6.54 Å². The van der Waals surface area contributed by atoms with Crippen molar-refractivity contribution in [3.05, 3.63) is 15.9 Å². The highest BCUT2D eigenvalue weighted by Gasteiger charge is 2.20. The molecule has 0 spiro atoms. The van der Waals surface area contributed by atoms with Gasteiger partial charge in [-0.2, -0.15) is 5.10 Å². The van der Waals surface area contributed by atoms with Crippen molar-refractivity contribution in [1.29, 1.82) is 0 Å². The summed E-state index contributed by atoms with van der Waals surface area (Å²) in [7, 11) is 0. The van der Waals surface area contributed by atoms with Gasteiger partial charge in [0, 0.05) is 32.1 Å². The van der Waals surface area contributed by atoms with E-state index in [1.54, 1.807) is 0 Å². The number of rotatable bonds is 5. The molecule has 1 aliphatic heterocycles. The maximum absolute atomic E-state index is 11.1. The highest BCUT2D eigenvalue weighted by Crippen LogP contribution is 2.20. The average Bonchev–Trinajstić information content (AvgIpc) is 2.87. The van der Waals surface area contributed by atoms with Crippen LogP contribution in [-0.2, 0) is 17.9 Å². The summed E-state index contributed by atoms with van der Waals surface area (Å²) in [5.74, 6) is 0.164. The van der Waals surface area contributed by atoms with E-state index in [-0.39, 0.29) is 11.9 Å². The van der Waals surface area contributed by atoms with Crippen molar-refractivity contribution >= 4 is 21.8 Å². The first-order valence-electron chi connectivity index (χ1n) is 6.33. The maximum Gasteiger partial charge on any atom is 0.220 e.